The summed E-state index contributed by atoms with van der Waals surface area (Å²) in [5.41, 5.74) is 2.32. The number of nitrogens with one attached hydrogen (secondary N) is 2. The molecule has 2 heterocycles. The van der Waals surface area contributed by atoms with Crippen molar-refractivity contribution in [3.05, 3.63) is 77.4 Å². The molecule has 0 bridgehead atoms. The van der Waals surface area contributed by atoms with Crippen molar-refractivity contribution in [2.24, 2.45) is 0 Å². The van der Waals surface area contributed by atoms with Crippen LogP contribution < -0.4 is 20.1 Å². The van der Waals surface area contributed by atoms with Gasteiger partial charge in [-0.05, 0) is 41.8 Å². The summed E-state index contributed by atoms with van der Waals surface area (Å²) in [6.45, 7) is 1.19. The molecule has 3 aromatic rings. The average molecular weight is 394 g/mol. The van der Waals surface area contributed by atoms with Crippen molar-refractivity contribution < 1.29 is 18.7 Å². The second-order valence-corrected chi connectivity index (χ2v) is 6.47. The highest BCUT2D eigenvalue weighted by Gasteiger charge is 2.13. The number of anilines is 1. The summed E-state index contributed by atoms with van der Waals surface area (Å²) in [6.07, 6.45) is 3.56. The molecule has 0 atom stereocenters. The van der Waals surface area contributed by atoms with Crippen molar-refractivity contribution in [1.82, 2.24) is 15.3 Å². The first kappa shape index (κ1) is 18.7. The molecule has 2 aromatic carbocycles. The van der Waals surface area contributed by atoms with E-state index in [4.69, 9.17) is 9.47 Å². The topological polar surface area (TPSA) is 85.4 Å². The van der Waals surface area contributed by atoms with Gasteiger partial charge in [-0.3, -0.25) is 4.79 Å². The summed E-state index contributed by atoms with van der Waals surface area (Å²) < 4.78 is 23.5. The molecular formula is C21H19FN4O3. The number of hydrogen-bond acceptors (Lipinski definition) is 6. The van der Waals surface area contributed by atoms with Crippen LogP contribution in [-0.2, 0) is 13.0 Å². The fourth-order valence-electron chi connectivity index (χ4n) is 2.84. The van der Waals surface area contributed by atoms with Crippen LogP contribution in [0, 0.1) is 5.82 Å². The van der Waals surface area contributed by atoms with Crippen molar-refractivity contribution in [3.8, 4) is 11.5 Å². The van der Waals surface area contributed by atoms with Crippen LogP contribution in [0.5, 0.6) is 11.5 Å². The van der Waals surface area contributed by atoms with Crippen LogP contribution >= 0.6 is 0 Å². The fourth-order valence-corrected chi connectivity index (χ4v) is 2.84. The largest absolute Gasteiger partial charge is 0.454 e. The number of carbonyl (C=O) groups excluding carboxylic acids is 1. The summed E-state index contributed by atoms with van der Waals surface area (Å²) in [5.74, 6) is 1.35. The summed E-state index contributed by atoms with van der Waals surface area (Å²) in [6, 6.07) is 11.9. The second-order valence-electron chi connectivity index (χ2n) is 6.47. The molecule has 0 unspecified atom stereocenters. The SMILES string of the molecule is O=C(NCCc1ccc(F)cc1)c1cnc(NCc2ccc3c(c2)OCO3)nc1. The van der Waals surface area contributed by atoms with Crippen LogP contribution in [0.4, 0.5) is 10.3 Å². The number of ether oxygens (including phenoxy) is 2. The lowest BCUT2D eigenvalue weighted by Gasteiger charge is -2.07. The number of nitrogens with zero attached hydrogens (tertiary/aromatic N) is 2. The van der Waals surface area contributed by atoms with Crippen LogP contribution in [0.2, 0.25) is 0 Å². The highest BCUT2D eigenvalue weighted by molar-refractivity contribution is 5.93. The van der Waals surface area contributed by atoms with E-state index in [1.807, 2.05) is 18.2 Å². The Morgan fingerprint density at radius 2 is 1.72 bits per heavy atom. The smallest absolute Gasteiger partial charge is 0.254 e. The van der Waals surface area contributed by atoms with E-state index in [1.165, 1.54) is 24.5 Å². The van der Waals surface area contributed by atoms with Gasteiger partial charge in [0, 0.05) is 25.5 Å². The molecule has 1 aliphatic rings. The lowest BCUT2D eigenvalue weighted by atomic mass is 10.1. The van der Waals surface area contributed by atoms with Gasteiger partial charge in [0.2, 0.25) is 12.7 Å². The number of rotatable bonds is 7. The lowest BCUT2D eigenvalue weighted by Crippen LogP contribution is -2.26. The molecule has 0 radical (unpaired) electrons. The molecule has 1 aromatic heterocycles. The van der Waals surface area contributed by atoms with E-state index in [9.17, 15) is 9.18 Å². The molecule has 0 spiro atoms. The van der Waals surface area contributed by atoms with Gasteiger partial charge in [-0.2, -0.15) is 0 Å². The number of benzene rings is 2. The molecule has 8 heteroatoms. The van der Waals surface area contributed by atoms with Gasteiger partial charge in [-0.1, -0.05) is 18.2 Å². The maximum atomic E-state index is 12.9. The maximum Gasteiger partial charge on any atom is 0.254 e. The minimum absolute atomic E-state index is 0.239. The highest BCUT2D eigenvalue weighted by Crippen LogP contribution is 2.32. The Bertz CT molecular complexity index is 994. The summed E-state index contributed by atoms with van der Waals surface area (Å²) in [5, 5.41) is 5.91. The number of halogens is 1. The summed E-state index contributed by atoms with van der Waals surface area (Å²) in [4.78, 5) is 20.6. The third-order valence-corrected chi connectivity index (χ3v) is 4.41. The van der Waals surface area contributed by atoms with Gasteiger partial charge in [0.05, 0.1) is 5.56 Å². The van der Waals surface area contributed by atoms with E-state index >= 15 is 0 Å². The standard InChI is InChI=1S/C21H19FN4O3/c22-17-4-1-14(2-5-17)7-8-23-20(27)16-11-25-21(26-12-16)24-10-15-3-6-18-19(9-15)29-13-28-18/h1-6,9,11-12H,7-8,10,13H2,(H,23,27)(H,24,25,26). The van der Waals surface area contributed by atoms with Crippen LogP contribution in [0.25, 0.3) is 0 Å². The first-order valence-corrected chi connectivity index (χ1v) is 9.14. The first-order chi connectivity index (χ1) is 14.2. The number of carbonyl (C=O) groups is 1. The zero-order valence-corrected chi connectivity index (χ0v) is 15.5. The molecule has 2 N–H and O–H groups in total. The molecule has 1 amide bonds. The molecule has 1 aliphatic heterocycles. The van der Waals surface area contributed by atoms with Crippen molar-refractivity contribution in [1.29, 1.82) is 0 Å². The zero-order valence-electron chi connectivity index (χ0n) is 15.5. The normalized spacial score (nSPS) is 11.9. The van der Waals surface area contributed by atoms with Gasteiger partial charge in [0.25, 0.3) is 5.91 Å². The number of amides is 1. The van der Waals surface area contributed by atoms with E-state index in [-0.39, 0.29) is 18.5 Å². The third-order valence-electron chi connectivity index (χ3n) is 4.41. The van der Waals surface area contributed by atoms with Crippen molar-refractivity contribution >= 4 is 11.9 Å². The van der Waals surface area contributed by atoms with Crippen molar-refractivity contribution in [2.45, 2.75) is 13.0 Å². The van der Waals surface area contributed by atoms with E-state index < -0.39 is 0 Å². The molecule has 148 valence electrons. The van der Waals surface area contributed by atoms with Gasteiger partial charge in [-0.25, -0.2) is 14.4 Å². The van der Waals surface area contributed by atoms with Crippen LogP contribution in [0.3, 0.4) is 0 Å². The Morgan fingerprint density at radius 1 is 1.00 bits per heavy atom. The maximum absolute atomic E-state index is 12.9. The Hall–Kier alpha value is -3.68. The minimum atomic E-state index is -0.276. The molecule has 0 saturated carbocycles. The Labute approximate surface area is 166 Å². The Kier molecular flexibility index (Phi) is 5.51. The van der Waals surface area contributed by atoms with Crippen LogP contribution in [0.15, 0.2) is 54.9 Å². The molecule has 29 heavy (non-hydrogen) atoms. The summed E-state index contributed by atoms with van der Waals surface area (Å²) in [7, 11) is 0. The number of fused-ring (bicyclic) bond motifs is 1. The summed E-state index contributed by atoms with van der Waals surface area (Å²) >= 11 is 0. The zero-order chi connectivity index (χ0) is 20.1. The number of aromatic nitrogens is 2. The lowest BCUT2D eigenvalue weighted by molar-refractivity contribution is 0.0953. The van der Waals surface area contributed by atoms with Crippen molar-refractivity contribution in [3.63, 3.8) is 0 Å². The van der Waals surface area contributed by atoms with Crippen LogP contribution in [0.1, 0.15) is 21.5 Å². The van der Waals surface area contributed by atoms with E-state index in [0.29, 0.717) is 31.0 Å². The van der Waals surface area contributed by atoms with Crippen molar-refractivity contribution in [2.75, 3.05) is 18.7 Å². The van der Waals surface area contributed by atoms with Gasteiger partial charge < -0.3 is 20.1 Å². The van der Waals surface area contributed by atoms with E-state index in [0.717, 1.165) is 22.6 Å². The Morgan fingerprint density at radius 3 is 2.52 bits per heavy atom. The van der Waals surface area contributed by atoms with E-state index in [2.05, 4.69) is 20.6 Å². The monoisotopic (exact) mass is 394 g/mol. The quantitative estimate of drug-likeness (QED) is 0.641. The van der Waals surface area contributed by atoms with Crippen LogP contribution in [-0.4, -0.2) is 29.2 Å². The molecule has 7 nitrogen and oxygen atoms in total. The van der Waals surface area contributed by atoms with E-state index in [1.54, 1.807) is 12.1 Å². The van der Waals surface area contributed by atoms with Gasteiger partial charge in [-0.15, -0.1) is 0 Å². The van der Waals surface area contributed by atoms with Gasteiger partial charge in [0.15, 0.2) is 11.5 Å². The predicted octanol–water partition coefficient (Wildman–Crippen LogP) is 2.93. The highest BCUT2D eigenvalue weighted by atomic mass is 19.1. The first-order valence-electron chi connectivity index (χ1n) is 9.14. The molecule has 0 fully saturated rings. The predicted molar refractivity (Wildman–Crippen MR) is 104 cm³/mol. The average Bonchev–Trinajstić information content (AvgIpc) is 3.22. The second kappa shape index (κ2) is 8.55. The molecule has 4 rings (SSSR count). The van der Waals surface area contributed by atoms with Gasteiger partial charge in [0.1, 0.15) is 5.82 Å². The number of hydrogen-bond donors (Lipinski definition) is 2. The molecular weight excluding hydrogens is 375 g/mol. The molecule has 0 saturated heterocycles. The van der Waals surface area contributed by atoms with Gasteiger partial charge >= 0.3 is 0 Å². The minimum Gasteiger partial charge on any atom is -0.454 e. The third kappa shape index (κ3) is 4.78. The fraction of sp³-hybridized carbons (Fsp3) is 0.190. The Balaban J connectivity index is 1.26. The molecule has 0 aliphatic carbocycles.